The van der Waals surface area contributed by atoms with E-state index in [9.17, 15) is 13.2 Å². The zero-order valence-corrected chi connectivity index (χ0v) is 12.4. The molecule has 2 aliphatic rings. The highest BCUT2D eigenvalue weighted by atomic mass is 19.4. The van der Waals surface area contributed by atoms with E-state index in [1.807, 2.05) is 7.05 Å². The van der Waals surface area contributed by atoms with Crippen molar-refractivity contribution >= 4 is 0 Å². The van der Waals surface area contributed by atoms with Crippen LogP contribution in [0.1, 0.15) is 44.9 Å². The number of hydrogen-bond acceptors (Lipinski definition) is 2. The van der Waals surface area contributed by atoms with Gasteiger partial charge >= 0.3 is 6.18 Å². The van der Waals surface area contributed by atoms with Crippen LogP contribution < -0.4 is 5.32 Å². The molecule has 0 spiro atoms. The van der Waals surface area contributed by atoms with Gasteiger partial charge in [0.15, 0.2) is 0 Å². The van der Waals surface area contributed by atoms with E-state index in [1.54, 1.807) is 0 Å². The molecule has 2 rings (SSSR count). The first-order chi connectivity index (χ1) is 9.50. The van der Waals surface area contributed by atoms with E-state index in [0.717, 1.165) is 51.2 Å². The summed E-state index contributed by atoms with van der Waals surface area (Å²) in [7, 11) is 1.97. The Balaban J connectivity index is 1.78. The van der Waals surface area contributed by atoms with Crippen molar-refractivity contribution in [1.29, 1.82) is 0 Å². The number of halogens is 3. The molecule has 0 aromatic heterocycles. The van der Waals surface area contributed by atoms with Gasteiger partial charge in [0, 0.05) is 6.04 Å². The van der Waals surface area contributed by atoms with E-state index < -0.39 is 12.1 Å². The van der Waals surface area contributed by atoms with Gasteiger partial charge in [-0.25, -0.2) is 0 Å². The number of hydrogen-bond donors (Lipinski definition) is 1. The molecule has 1 heterocycles. The van der Waals surface area contributed by atoms with Crippen molar-refractivity contribution in [2.24, 2.45) is 11.8 Å². The van der Waals surface area contributed by atoms with E-state index in [0.29, 0.717) is 12.8 Å². The first-order valence-electron chi connectivity index (χ1n) is 7.96. The van der Waals surface area contributed by atoms with Gasteiger partial charge in [0.2, 0.25) is 0 Å². The molecule has 0 aromatic carbocycles. The first-order valence-corrected chi connectivity index (χ1v) is 7.96. The molecule has 2 unspecified atom stereocenters. The first kappa shape index (κ1) is 16.1. The van der Waals surface area contributed by atoms with Crippen LogP contribution in [0, 0.1) is 11.8 Å². The van der Waals surface area contributed by atoms with Crippen LogP contribution in [-0.2, 0) is 0 Å². The fourth-order valence-electron chi connectivity index (χ4n) is 3.75. The molecule has 1 N–H and O–H groups in total. The molecule has 1 aliphatic heterocycles. The molecule has 2 fully saturated rings. The average molecular weight is 292 g/mol. The fourth-order valence-corrected chi connectivity index (χ4v) is 3.75. The standard InChI is InChI=1S/C15H27F3N2/c1-19-8-5-12-6-9-20(10-7-12)14-4-2-3-13(11-14)15(16,17)18/h12-14,19H,2-11H2,1H3. The minimum atomic E-state index is -4.00. The Morgan fingerprint density at radius 1 is 1.10 bits per heavy atom. The molecule has 0 amide bonds. The molecular weight excluding hydrogens is 265 g/mol. The normalized spacial score (nSPS) is 30.6. The zero-order chi connectivity index (χ0) is 14.6. The maximum atomic E-state index is 12.9. The molecule has 1 saturated carbocycles. The lowest BCUT2D eigenvalue weighted by molar-refractivity contribution is -0.187. The van der Waals surface area contributed by atoms with Gasteiger partial charge in [-0.3, -0.25) is 0 Å². The van der Waals surface area contributed by atoms with Crippen molar-refractivity contribution in [2.45, 2.75) is 57.2 Å². The Hall–Kier alpha value is -0.290. The molecule has 20 heavy (non-hydrogen) atoms. The topological polar surface area (TPSA) is 15.3 Å². The van der Waals surface area contributed by atoms with Crippen LogP contribution in [0.4, 0.5) is 13.2 Å². The third kappa shape index (κ3) is 4.35. The van der Waals surface area contributed by atoms with Gasteiger partial charge in [-0.05, 0) is 71.1 Å². The molecule has 2 atom stereocenters. The molecule has 0 radical (unpaired) electrons. The smallest absolute Gasteiger partial charge is 0.320 e. The Kier molecular flexibility index (Phi) is 5.73. The second kappa shape index (κ2) is 7.12. The van der Waals surface area contributed by atoms with Gasteiger partial charge < -0.3 is 10.2 Å². The van der Waals surface area contributed by atoms with Crippen molar-refractivity contribution in [3.8, 4) is 0 Å². The lowest BCUT2D eigenvalue weighted by atomic mass is 9.83. The lowest BCUT2D eigenvalue weighted by Gasteiger charge is -2.41. The van der Waals surface area contributed by atoms with Crippen LogP contribution in [0.5, 0.6) is 0 Å². The predicted molar refractivity (Wildman–Crippen MR) is 74.6 cm³/mol. The van der Waals surface area contributed by atoms with Crippen molar-refractivity contribution in [1.82, 2.24) is 10.2 Å². The SMILES string of the molecule is CNCCC1CCN(C2CCCC(C(F)(F)F)C2)CC1. The van der Waals surface area contributed by atoms with Gasteiger partial charge in [0.25, 0.3) is 0 Å². The Morgan fingerprint density at radius 3 is 2.40 bits per heavy atom. The summed E-state index contributed by atoms with van der Waals surface area (Å²) in [5.74, 6) is -0.316. The third-order valence-electron chi connectivity index (χ3n) is 5.08. The summed E-state index contributed by atoms with van der Waals surface area (Å²) in [4.78, 5) is 2.33. The molecule has 0 aromatic rings. The van der Waals surface area contributed by atoms with Gasteiger partial charge in [0.05, 0.1) is 5.92 Å². The molecule has 118 valence electrons. The molecule has 5 heteroatoms. The van der Waals surface area contributed by atoms with E-state index in [1.165, 1.54) is 6.42 Å². The summed E-state index contributed by atoms with van der Waals surface area (Å²) in [5.41, 5.74) is 0. The van der Waals surface area contributed by atoms with Gasteiger partial charge in [-0.15, -0.1) is 0 Å². The van der Waals surface area contributed by atoms with Gasteiger partial charge in [-0.1, -0.05) is 6.42 Å². The summed E-state index contributed by atoms with van der Waals surface area (Å²) in [6.45, 7) is 3.03. The number of likely N-dealkylation sites (tertiary alicyclic amines) is 1. The summed E-state index contributed by atoms with van der Waals surface area (Å²) < 4.78 is 38.6. The molecule has 1 aliphatic carbocycles. The summed E-state index contributed by atoms with van der Waals surface area (Å²) >= 11 is 0. The number of piperidine rings is 1. The van der Waals surface area contributed by atoms with Crippen molar-refractivity contribution in [3.63, 3.8) is 0 Å². The monoisotopic (exact) mass is 292 g/mol. The minimum Gasteiger partial charge on any atom is -0.320 e. The van der Waals surface area contributed by atoms with Gasteiger partial charge in [-0.2, -0.15) is 13.2 Å². The molecule has 1 saturated heterocycles. The van der Waals surface area contributed by atoms with Crippen molar-refractivity contribution in [3.05, 3.63) is 0 Å². The third-order valence-corrected chi connectivity index (χ3v) is 5.08. The van der Waals surface area contributed by atoms with Crippen LogP contribution in [0.2, 0.25) is 0 Å². The number of rotatable bonds is 4. The largest absolute Gasteiger partial charge is 0.391 e. The van der Waals surface area contributed by atoms with Crippen LogP contribution in [0.25, 0.3) is 0 Å². The summed E-state index contributed by atoms with van der Waals surface area (Å²) in [6, 6.07) is 0.167. The second-order valence-corrected chi connectivity index (χ2v) is 6.43. The number of nitrogens with one attached hydrogen (secondary N) is 1. The number of alkyl halides is 3. The highest BCUT2D eigenvalue weighted by molar-refractivity contribution is 4.86. The second-order valence-electron chi connectivity index (χ2n) is 6.43. The fraction of sp³-hybridized carbons (Fsp3) is 1.00. The molecule has 0 bridgehead atoms. The number of nitrogens with zero attached hydrogens (tertiary/aromatic N) is 1. The summed E-state index contributed by atoms with van der Waals surface area (Å²) in [5, 5.41) is 3.17. The predicted octanol–water partition coefficient (Wildman–Crippen LogP) is 3.43. The maximum absolute atomic E-state index is 12.9. The Labute approximate surface area is 120 Å². The van der Waals surface area contributed by atoms with Crippen LogP contribution in [0.3, 0.4) is 0 Å². The van der Waals surface area contributed by atoms with E-state index in [-0.39, 0.29) is 6.04 Å². The highest BCUT2D eigenvalue weighted by Crippen LogP contribution is 2.39. The van der Waals surface area contributed by atoms with Gasteiger partial charge in [0.1, 0.15) is 0 Å². The van der Waals surface area contributed by atoms with Crippen molar-refractivity contribution in [2.75, 3.05) is 26.7 Å². The minimum absolute atomic E-state index is 0.167. The van der Waals surface area contributed by atoms with Crippen LogP contribution >= 0.6 is 0 Å². The van der Waals surface area contributed by atoms with Crippen molar-refractivity contribution < 1.29 is 13.2 Å². The lowest BCUT2D eigenvalue weighted by Crippen LogP contribution is -2.45. The quantitative estimate of drug-likeness (QED) is 0.854. The van der Waals surface area contributed by atoms with E-state index in [2.05, 4.69) is 10.2 Å². The average Bonchev–Trinajstić information content (AvgIpc) is 2.45. The Morgan fingerprint density at radius 2 is 1.80 bits per heavy atom. The maximum Gasteiger partial charge on any atom is 0.391 e. The molecule has 2 nitrogen and oxygen atoms in total. The molecular formula is C15H27F3N2. The zero-order valence-electron chi connectivity index (χ0n) is 12.4. The Bertz CT molecular complexity index is 285. The van der Waals surface area contributed by atoms with E-state index in [4.69, 9.17) is 0 Å². The van der Waals surface area contributed by atoms with E-state index >= 15 is 0 Å². The van der Waals surface area contributed by atoms with Crippen LogP contribution in [-0.4, -0.2) is 43.8 Å². The highest BCUT2D eigenvalue weighted by Gasteiger charge is 2.43. The van der Waals surface area contributed by atoms with Crippen LogP contribution in [0.15, 0.2) is 0 Å². The summed E-state index contributed by atoms with van der Waals surface area (Å²) in [6.07, 6.45) is 1.83.